The summed E-state index contributed by atoms with van der Waals surface area (Å²) in [6.45, 7) is -0.234. The van der Waals surface area contributed by atoms with Gasteiger partial charge in [-0.15, -0.1) is 0 Å². The maximum absolute atomic E-state index is 12.1. The Balaban J connectivity index is 2.34. The Morgan fingerprint density at radius 1 is 1.50 bits per heavy atom. The van der Waals surface area contributed by atoms with Crippen LogP contribution >= 0.6 is 0 Å². The zero-order valence-electron chi connectivity index (χ0n) is 9.55. The molecular formula is C11H13N3O3S. The molecule has 1 aromatic rings. The van der Waals surface area contributed by atoms with Gasteiger partial charge in [0.25, 0.3) is 0 Å². The third-order valence-corrected chi connectivity index (χ3v) is 4.59. The Hall–Kier alpha value is -1.62. The standard InChI is InChI=1S/C11H13N3O3S/c12-6-8-1-2-10(9(13)5-8)18(16,17)14-11(7-15)3-4-11/h1-2,5,14-15H,3-4,7,13H2. The van der Waals surface area contributed by atoms with Crippen molar-refractivity contribution in [2.24, 2.45) is 0 Å². The van der Waals surface area contributed by atoms with Gasteiger partial charge in [0.2, 0.25) is 10.0 Å². The average Bonchev–Trinajstić information content (AvgIpc) is 3.08. The predicted molar refractivity (Wildman–Crippen MR) is 64.9 cm³/mol. The highest BCUT2D eigenvalue weighted by Crippen LogP contribution is 2.36. The Morgan fingerprint density at radius 2 is 2.17 bits per heavy atom. The number of hydrogen-bond acceptors (Lipinski definition) is 5. The van der Waals surface area contributed by atoms with Crippen LogP contribution in [0, 0.1) is 11.3 Å². The molecular weight excluding hydrogens is 254 g/mol. The highest BCUT2D eigenvalue weighted by molar-refractivity contribution is 7.89. The van der Waals surface area contributed by atoms with E-state index in [4.69, 9.17) is 16.1 Å². The lowest BCUT2D eigenvalue weighted by Crippen LogP contribution is -2.39. The molecule has 0 radical (unpaired) electrons. The van der Waals surface area contributed by atoms with Crippen molar-refractivity contribution in [2.45, 2.75) is 23.3 Å². The molecule has 0 bridgehead atoms. The number of nitrogen functional groups attached to an aromatic ring is 1. The molecule has 1 fully saturated rings. The van der Waals surface area contributed by atoms with Crippen molar-refractivity contribution in [1.82, 2.24) is 4.72 Å². The van der Waals surface area contributed by atoms with Crippen LogP contribution < -0.4 is 10.5 Å². The Morgan fingerprint density at radius 3 is 2.61 bits per heavy atom. The van der Waals surface area contributed by atoms with Crippen LogP contribution in [0.3, 0.4) is 0 Å². The summed E-state index contributed by atoms with van der Waals surface area (Å²) in [6.07, 6.45) is 1.22. The molecule has 1 aromatic carbocycles. The molecule has 0 atom stereocenters. The lowest BCUT2D eigenvalue weighted by atomic mass is 10.2. The number of aliphatic hydroxyl groups is 1. The van der Waals surface area contributed by atoms with E-state index >= 15 is 0 Å². The number of aliphatic hydroxyl groups excluding tert-OH is 1. The summed E-state index contributed by atoms with van der Waals surface area (Å²) < 4.78 is 26.6. The number of nitrogens with one attached hydrogen (secondary N) is 1. The van der Waals surface area contributed by atoms with Gasteiger partial charge in [0.15, 0.2) is 0 Å². The van der Waals surface area contributed by atoms with Gasteiger partial charge in [-0.25, -0.2) is 13.1 Å². The van der Waals surface area contributed by atoms with Crippen LogP contribution in [0.2, 0.25) is 0 Å². The number of anilines is 1. The number of nitriles is 1. The SMILES string of the molecule is N#Cc1ccc(S(=O)(=O)NC2(CO)CC2)c(N)c1. The van der Waals surface area contributed by atoms with Crippen molar-refractivity contribution >= 4 is 15.7 Å². The van der Waals surface area contributed by atoms with E-state index in [9.17, 15) is 8.42 Å². The van der Waals surface area contributed by atoms with Gasteiger partial charge in [0, 0.05) is 0 Å². The molecule has 0 spiro atoms. The van der Waals surface area contributed by atoms with Crippen molar-refractivity contribution in [2.75, 3.05) is 12.3 Å². The highest BCUT2D eigenvalue weighted by atomic mass is 32.2. The summed E-state index contributed by atoms with van der Waals surface area (Å²) in [5.41, 5.74) is 5.22. The third-order valence-electron chi connectivity index (χ3n) is 2.94. The lowest BCUT2D eigenvalue weighted by Gasteiger charge is -2.15. The van der Waals surface area contributed by atoms with E-state index in [2.05, 4.69) is 4.72 Å². The highest BCUT2D eigenvalue weighted by Gasteiger charge is 2.45. The fourth-order valence-electron chi connectivity index (χ4n) is 1.65. The topological polar surface area (TPSA) is 116 Å². The molecule has 0 aliphatic heterocycles. The van der Waals surface area contributed by atoms with Gasteiger partial charge in [0.05, 0.1) is 29.5 Å². The van der Waals surface area contributed by atoms with Crippen molar-refractivity contribution < 1.29 is 13.5 Å². The summed E-state index contributed by atoms with van der Waals surface area (Å²) in [4.78, 5) is -0.0683. The fourth-order valence-corrected chi connectivity index (χ4v) is 3.21. The molecule has 1 aliphatic rings. The lowest BCUT2D eigenvalue weighted by molar-refractivity contribution is 0.246. The molecule has 2 rings (SSSR count). The second-order valence-electron chi connectivity index (χ2n) is 4.41. The van der Waals surface area contributed by atoms with Gasteiger partial charge >= 0.3 is 0 Å². The fraction of sp³-hybridized carbons (Fsp3) is 0.364. The van der Waals surface area contributed by atoms with E-state index in [0.717, 1.165) is 0 Å². The van der Waals surface area contributed by atoms with E-state index in [1.807, 2.05) is 6.07 Å². The van der Waals surface area contributed by atoms with Crippen LogP contribution in [-0.4, -0.2) is 25.7 Å². The smallest absolute Gasteiger partial charge is 0.243 e. The molecule has 0 saturated heterocycles. The summed E-state index contributed by atoms with van der Waals surface area (Å²) in [5, 5.41) is 17.8. The summed E-state index contributed by atoms with van der Waals surface area (Å²) in [7, 11) is -3.77. The van der Waals surface area contributed by atoms with Crippen LogP contribution in [0.15, 0.2) is 23.1 Å². The second-order valence-corrected chi connectivity index (χ2v) is 6.06. The first-order valence-corrected chi connectivity index (χ1v) is 6.85. The average molecular weight is 267 g/mol. The minimum Gasteiger partial charge on any atom is -0.398 e. The number of nitrogens with zero attached hydrogens (tertiary/aromatic N) is 1. The van der Waals surface area contributed by atoms with Gasteiger partial charge in [-0.05, 0) is 31.0 Å². The molecule has 1 saturated carbocycles. The molecule has 18 heavy (non-hydrogen) atoms. The quantitative estimate of drug-likeness (QED) is 0.661. The molecule has 0 aromatic heterocycles. The number of sulfonamides is 1. The van der Waals surface area contributed by atoms with E-state index < -0.39 is 15.6 Å². The number of nitrogens with two attached hydrogens (primary N) is 1. The number of hydrogen-bond donors (Lipinski definition) is 3. The van der Waals surface area contributed by atoms with Crippen molar-refractivity contribution in [1.29, 1.82) is 5.26 Å². The Kier molecular flexibility index (Phi) is 3.02. The summed E-state index contributed by atoms with van der Waals surface area (Å²) in [5.74, 6) is 0. The van der Waals surface area contributed by atoms with Crippen LogP contribution in [-0.2, 0) is 10.0 Å². The van der Waals surface area contributed by atoms with Crippen LogP contribution in [0.4, 0.5) is 5.69 Å². The molecule has 4 N–H and O–H groups in total. The van der Waals surface area contributed by atoms with E-state index in [1.165, 1.54) is 18.2 Å². The van der Waals surface area contributed by atoms with Crippen LogP contribution in [0.25, 0.3) is 0 Å². The Bertz CT molecular complexity index is 615. The molecule has 1 aliphatic carbocycles. The van der Waals surface area contributed by atoms with Crippen molar-refractivity contribution in [3.05, 3.63) is 23.8 Å². The molecule has 96 valence electrons. The third kappa shape index (κ3) is 2.31. The largest absolute Gasteiger partial charge is 0.398 e. The van der Waals surface area contributed by atoms with Gasteiger partial charge in [-0.1, -0.05) is 0 Å². The van der Waals surface area contributed by atoms with E-state index in [0.29, 0.717) is 18.4 Å². The van der Waals surface area contributed by atoms with Crippen LogP contribution in [0.5, 0.6) is 0 Å². The predicted octanol–water partition coefficient (Wildman–Crippen LogP) is -0.0563. The number of rotatable bonds is 4. The zero-order valence-corrected chi connectivity index (χ0v) is 10.4. The first kappa shape index (κ1) is 12.8. The molecule has 0 unspecified atom stereocenters. The maximum atomic E-state index is 12.1. The molecule has 0 heterocycles. The summed E-state index contributed by atoms with van der Waals surface area (Å²) in [6, 6.07) is 5.88. The molecule has 6 nitrogen and oxygen atoms in total. The van der Waals surface area contributed by atoms with Gasteiger partial charge in [-0.2, -0.15) is 5.26 Å². The molecule has 0 amide bonds. The van der Waals surface area contributed by atoms with Gasteiger partial charge < -0.3 is 10.8 Å². The summed E-state index contributed by atoms with van der Waals surface area (Å²) >= 11 is 0. The first-order chi connectivity index (χ1) is 8.42. The maximum Gasteiger partial charge on any atom is 0.243 e. The van der Waals surface area contributed by atoms with Gasteiger partial charge in [0.1, 0.15) is 4.90 Å². The van der Waals surface area contributed by atoms with Crippen molar-refractivity contribution in [3.8, 4) is 6.07 Å². The number of benzene rings is 1. The minimum absolute atomic E-state index is 0.0234. The first-order valence-electron chi connectivity index (χ1n) is 5.37. The normalized spacial score (nSPS) is 17.1. The minimum atomic E-state index is -3.77. The van der Waals surface area contributed by atoms with Crippen molar-refractivity contribution in [3.63, 3.8) is 0 Å². The van der Waals surface area contributed by atoms with Gasteiger partial charge in [-0.3, -0.25) is 0 Å². The van der Waals surface area contributed by atoms with E-state index in [-0.39, 0.29) is 17.2 Å². The zero-order chi connectivity index (χ0) is 13.4. The molecule has 7 heteroatoms. The second kappa shape index (κ2) is 4.24. The monoisotopic (exact) mass is 267 g/mol. The van der Waals surface area contributed by atoms with Crippen LogP contribution in [0.1, 0.15) is 18.4 Å². The Labute approximate surface area is 105 Å². The van der Waals surface area contributed by atoms with E-state index in [1.54, 1.807) is 0 Å².